The van der Waals surface area contributed by atoms with E-state index in [1.165, 1.54) is 11.3 Å². The van der Waals surface area contributed by atoms with Gasteiger partial charge in [0, 0.05) is 19.3 Å². The van der Waals surface area contributed by atoms with Crippen molar-refractivity contribution in [2.45, 2.75) is 6.42 Å². The molecule has 1 atom stereocenters. The maximum absolute atomic E-state index is 12.1. The number of aromatic nitrogens is 1. The zero-order chi connectivity index (χ0) is 16.8. The highest BCUT2D eigenvalue weighted by atomic mass is 32.1. The van der Waals surface area contributed by atoms with Crippen LogP contribution in [0.25, 0.3) is 0 Å². The third kappa shape index (κ3) is 4.31. The van der Waals surface area contributed by atoms with Crippen LogP contribution in [0.3, 0.4) is 0 Å². The molecule has 0 unspecified atom stereocenters. The summed E-state index contributed by atoms with van der Waals surface area (Å²) in [4.78, 5) is 18.5. The van der Waals surface area contributed by atoms with Crippen LogP contribution in [0.15, 0.2) is 35.8 Å². The second-order valence-electron chi connectivity index (χ2n) is 5.81. The average molecular weight is 341 g/mol. The minimum absolute atomic E-state index is 0.0627. The number of pyridine rings is 1. The number of carbonyl (C=O) groups excluding carboxylic acids is 1. The molecule has 6 nitrogen and oxygen atoms in total. The van der Waals surface area contributed by atoms with Crippen LogP contribution >= 0.6 is 11.3 Å². The normalized spacial score (nSPS) is 17.4. The Kier molecular flexibility index (Phi) is 5.41. The van der Waals surface area contributed by atoms with E-state index in [1.807, 2.05) is 23.6 Å². The number of nitrogens with one attached hydrogen (secondary N) is 2. The molecule has 7 heteroatoms. The van der Waals surface area contributed by atoms with Crippen molar-refractivity contribution in [2.24, 2.45) is 5.92 Å². The minimum Gasteiger partial charge on any atom is -0.370 e. The predicted molar refractivity (Wildman–Crippen MR) is 94.9 cm³/mol. The van der Waals surface area contributed by atoms with Gasteiger partial charge in [-0.1, -0.05) is 6.07 Å². The number of amides is 1. The molecule has 1 amide bonds. The number of thiophene rings is 1. The molecule has 0 radical (unpaired) electrons. The molecule has 0 spiro atoms. The lowest BCUT2D eigenvalue weighted by Crippen LogP contribution is -2.32. The fourth-order valence-electron chi connectivity index (χ4n) is 2.80. The number of hydrogen-bond donors (Lipinski definition) is 2. The van der Waals surface area contributed by atoms with Crippen LogP contribution in [-0.4, -0.2) is 42.0 Å². The van der Waals surface area contributed by atoms with E-state index in [0.717, 1.165) is 31.9 Å². The molecule has 0 aliphatic carbocycles. The monoisotopic (exact) mass is 341 g/mol. The number of nitriles is 1. The van der Waals surface area contributed by atoms with Crippen molar-refractivity contribution in [2.75, 3.05) is 36.8 Å². The maximum Gasteiger partial charge on any atom is 0.239 e. The van der Waals surface area contributed by atoms with E-state index >= 15 is 0 Å². The molecule has 3 rings (SSSR count). The predicted octanol–water partition coefficient (Wildman–Crippen LogP) is 2.39. The van der Waals surface area contributed by atoms with Crippen LogP contribution < -0.4 is 10.6 Å². The Morgan fingerprint density at radius 2 is 2.38 bits per heavy atom. The van der Waals surface area contributed by atoms with Crippen molar-refractivity contribution >= 4 is 28.1 Å². The summed E-state index contributed by atoms with van der Waals surface area (Å²) >= 11 is 1.38. The van der Waals surface area contributed by atoms with Crippen molar-refractivity contribution in [3.05, 3.63) is 41.4 Å². The Morgan fingerprint density at radius 1 is 1.46 bits per heavy atom. The summed E-state index contributed by atoms with van der Waals surface area (Å²) in [6.07, 6.45) is 2.84. The summed E-state index contributed by atoms with van der Waals surface area (Å²) in [7, 11) is 0. The second kappa shape index (κ2) is 7.90. The molecule has 1 fully saturated rings. The fraction of sp³-hybridized carbons (Fsp3) is 0.353. The standard InChI is InChI=1S/C17H19N5OS/c18-9-14-5-8-24-17(14)21-16(23)12-22-7-4-13(11-22)10-20-15-3-1-2-6-19-15/h1-3,5-6,8,13H,4,7,10-12H2,(H,19,20)(H,21,23)/t13-/m0/s1. The quantitative estimate of drug-likeness (QED) is 0.843. The molecule has 0 aromatic carbocycles. The molecule has 1 saturated heterocycles. The maximum atomic E-state index is 12.1. The first-order valence-corrected chi connectivity index (χ1v) is 8.77. The van der Waals surface area contributed by atoms with Gasteiger partial charge in [-0.05, 0) is 42.5 Å². The van der Waals surface area contributed by atoms with E-state index in [-0.39, 0.29) is 5.91 Å². The molecule has 3 heterocycles. The lowest BCUT2D eigenvalue weighted by molar-refractivity contribution is -0.117. The van der Waals surface area contributed by atoms with Gasteiger partial charge < -0.3 is 10.6 Å². The molecule has 2 aromatic heterocycles. The topological polar surface area (TPSA) is 81.0 Å². The van der Waals surface area contributed by atoms with Gasteiger partial charge in [0.25, 0.3) is 0 Å². The molecule has 1 aliphatic rings. The molecular formula is C17H19N5OS. The van der Waals surface area contributed by atoms with Gasteiger partial charge in [0.15, 0.2) is 0 Å². The zero-order valence-electron chi connectivity index (χ0n) is 13.2. The third-order valence-corrected chi connectivity index (χ3v) is 4.84. The lowest BCUT2D eigenvalue weighted by Gasteiger charge is -2.16. The lowest BCUT2D eigenvalue weighted by atomic mass is 10.1. The molecule has 0 saturated carbocycles. The van der Waals surface area contributed by atoms with Crippen molar-refractivity contribution in [3.8, 4) is 6.07 Å². The largest absolute Gasteiger partial charge is 0.370 e. The molecule has 124 valence electrons. The van der Waals surface area contributed by atoms with Crippen LogP contribution in [0.5, 0.6) is 0 Å². The highest BCUT2D eigenvalue weighted by molar-refractivity contribution is 7.14. The van der Waals surface area contributed by atoms with Gasteiger partial charge in [-0.2, -0.15) is 5.26 Å². The number of rotatable bonds is 6. The molecule has 0 bridgehead atoms. The van der Waals surface area contributed by atoms with Crippen LogP contribution in [-0.2, 0) is 4.79 Å². The van der Waals surface area contributed by atoms with E-state index in [0.29, 0.717) is 23.0 Å². The molecule has 1 aliphatic heterocycles. The van der Waals surface area contributed by atoms with Gasteiger partial charge in [-0.25, -0.2) is 4.98 Å². The van der Waals surface area contributed by atoms with Crippen molar-refractivity contribution in [1.82, 2.24) is 9.88 Å². The van der Waals surface area contributed by atoms with Crippen LogP contribution in [0.4, 0.5) is 10.8 Å². The van der Waals surface area contributed by atoms with Crippen molar-refractivity contribution in [3.63, 3.8) is 0 Å². The zero-order valence-corrected chi connectivity index (χ0v) is 14.1. The number of anilines is 2. The van der Waals surface area contributed by atoms with Gasteiger partial charge in [0.05, 0.1) is 12.1 Å². The summed E-state index contributed by atoms with van der Waals surface area (Å²) in [5.41, 5.74) is 0.521. The van der Waals surface area contributed by atoms with Gasteiger partial charge in [-0.3, -0.25) is 9.69 Å². The van der Waals surface area contributed by atoms with Crippen molar-refractivity contribution in [1.29, 1.82) is 5.26 Å². The highest BCUT2D eigenvalue weighted by Crippen LogP contribution is 2.22. The van der Waals surface area contributed by atoms with E-state index in [9.17, 15) is 4.79 Å². The summed E-state index contributed by atoms with van der Waals surface area (Å²) in [5.74, 6) is 1.33. The first-order chi connectivity index (χ1) is 11.7. The number of likely N-dealkylation sites (tertiary alicyclic amines) is 1. The Labute approximate surface area is 145 Å². The Morgan fingerprint density at radius 3 is 3.17 bits per heavy atom. The minimum atomic E-state index is -0.0627. The van der Waals surface area contributed by atoms with Gasteiger partial charge in [-0.15, -0.1) is 11.3 Å². The molecule has 2 aromatic rings. The summed E-state index contributed by atoms with van der Waals surface area (Å²) in [6, 6.07) is 9.61. The average Bonchev–Trinajstić information content (AvgIpc) is 3.23. The summed E-state index contributed by atoms with van der Waals surface area (Å²) in [6.45, 7) is 3.03. The second-order valence-corrected chi connectivity index (χ2v) is 6.73. The summed E-state index contributed by atoms with van der Waals surface area (Å²) in [5, 5.41) is 17.6. The van der Waals surface area contributed by atoms with E-state index in [2.05, 4.69) is 26.6 Å². The number of carbonyl (C=O) groups is 1. The third-order valence-electron chi connectivity index (χ3n) is 4.01. The molecule has 2 N–H and O–H groups in total. The highest BCUT2D eigenvalue weighted by Gasteiger charge is 2.24. The Bertz CT molecular complexity index is 724. The molecular weight excluding hydrogens is 322 g/mol. The van der Waals surface area contributed by atoms with E-state index in [1.54, 1.807) is 12.3 Å². The van der Waals surface area contributed by atoms with Crippen LogP contribution in [0, 0.1) is 17.2 Å². The first-order valence-electron chi connectivity index (χ1n) is 7.89. The van der Waals surface area contributed by atoms with Crippen LogP contribution in [0.1, 0.15) is 12.0 Å². The van der Waals surface area contributed by atoms with Gasteiger partial charge >= 0.3 is 0 Å². The van der Waals surface area contributed by atoms with E-state index in [4.69, 9.17) is 5.26 Å². The number of hydrogen-bond acceptors (Lipinski definition) is 6. The fourth-order valence-corrected chi connectivity index (χ4v) is 3.56. The van der Waals surface area contributed by atoms with Gasteiger partial charge in [0.1, 0.15) is 16.9 Å². The Hall–Kier alpha value is -2.43. The van der Waals surface area contributed by atoms with Gasteiger partial charge in [0.2, 0.25) is 5.91 Å². The van der Waals surface area contributed by atoms with Crippen LogP contribution in [0.2, 0.25) is 0 Å². The smallest absolute Gasteiger partial charge is 0.239 e. The summed E-state index contributed by atoms with van der Waals surface area (Å²) < 4.78 is 0. The molecule has 24 heavy (non-hydrogen) atoms. The SMILES string of the molecule is N#Cc1ccsc1NC(=O)CN1CC[C@@H](CNc2ccccn2)C1. The Balaban J connectivity index is 1.42. The van der Waals surface area contributed by atoms with Crippen molar-refractivity contribution < 1.29 is 4.79 Å². The number of nitrogens with zero attached hydrogens (tertiary/aromatic N) is 3. The first kappa shape index (κ1) is 16.4. The van der Waals surface area contributed by atoms with E-state index < -0.39 is 0 Å².